The van der Waals surface area contributed by atoms with Crippen LogP contribution in [0.4, 0.5) is 18.9 Å². The smallest absolute Gasteiger partial charge is 0.279 e. The molecule has 0 unspecified atom stereocenters. The Labute approximate surface area is 155 Å². The molecule has 0 aromatic heterocycles. The Hall–Kier alpha value is -2.80. The van der Waals surface area contributed by atoms with Crippen LogP contribution in [0.5, 0.6) is 0 Å². The molecule has 0 aliphatic heterocycles. The molecule has 0 heterocycles. The minimum atomic E-state index is -4.43. The van der Waals surface area contributed by atoms with Crippen molar-refractivity contribution in [2.75, 3.05) is 4.72 Å². The second-order valence-corrected chi connectivity index (χ2v) is 7.67. The van der Waals surface area contributed by atoms with Crippen LogP contribution in [0.3, 0.4) is 0 Å². The van der Waals surface area contributed by atoms with E-state index in [1.165, 1.54) is 31.2 Å². The summed E-state index contributed by atoms with van der Waals surface area (Å²) in [5.41, 5.74) is 0.635. The van der Waals surface area contributed by atoms with E-state index in [1.807, 2.05) is 0 Å². The second-order valence-electron chi connectivity index (χ2n) is 5.99. The van der Waals surface area contributed by atoms with Crippen LogP contribution in [-0.4, -0.2) is 8.42 Å². The normalized spacial score (nSPS) is 12.0. The van der Waals surface area contributed by atoms with E-state index in [-0.39, 0.29) is 10.5 Å². The highest BCUT2D eigenvalue weighted by molar-refractivity contribution is 7.92. The van der Waals surface area contributed by atoms with Crippen molar-refractivity contribution in [2.24, 2.45) is 0 Å². The summed E-state index contributed by atoms with van der Waals surface area (Å²) in [5, 5.41) is 0. The number of rotatable bonds is 4. The van der Waals surface area contributed by atoms with E-state index in [1.54, 1.807) is 42.5 Å². The fourth-order valence-electron chi connectivity index (χ4n) is 2.78. The lowest BCUT2D eigenvalue weighted by molar-refractivity contribution is -0.138. The topological polar surface area (TPSA) is 46.2 Å². The number of alkyl halides is 3. The van der Waals surface area contributed by atoms with Gasteiger partial charge in [0.1, 0.15) is 0 Å². The molecule has 0 spiro atoms. The van der Waals surface area contributed by atoms with Crippen molar-refractivity contribution in [1.29, 1.82) is 0 Å². The first kappa shape index (κ1) is 19.0. The molecule has 1 N–H and O–H groups in total. The third-order valence-corrected chi connectivity index (χ3v) is 5.45. The number of para-hydroxylation sites is 1. The van der Waals surface area contributed by atoms with E-state index in [4.69, 9.17) is 0 Å². The third-order valence-electron chi connectivity index (χ3n) is 4.07. The van der Waals surface area contributed by atoms with Gasteiger partial charge in [0.25, 0.3) is 10.0 Å². The summed E-state index contributed by atoms with van der Waals surface area (Å²) in [6.45, 7) is 1.38. The number of sulfonamides is 1. The molecule has 0 fully saturated rings. The number of hydrogen-bond acceptors (Lipinski definition) is 2. The number of anilines is 1. The molecular weight excluding hydrogens is 375 g/mol. The summed E-state index contributed by atoms with van der Waals surface area (Å²) in [6, 6.07) is 18.2. The molecule has 7 heteroatoms. The van der Waals surface area contributed by atoms with Crippen LogP contribution in [0.1, 0.15) is 11.1 Å². The van der Waals surface area contributed by atoms with Gasteiger partial charge in [-0.15, -0.1) is 0 Å². The minimum absolute atomic E-state index is 0.0701. The molecule has 0 atom stereocenters. The van der Waals surface area contributed by atoms with Gasteiger partial charge in [-0.25, -0.2) is 8.42 Å². The van der Waals surface area contributed by atoms with Crippen LogP contribution in [-0.2, 0) is 16.2 Å². The standard InChI is InChI=1S/C20H16F3NO2S/c1-14-13-15(11-12-18(14)20(21,22)23)17-9-5-6-10-19(17)24-27(25,26)16-7-3-2-4-8-16/h2-13,24H,1H3. The summed E-state index contributed by atoms with van der Waals surface area (Å²) in [6.07, 6.45) is -4.43. The van der Waals surface area contributed by atoms with Crippen LogP contribution >= 0.6 is 0 Å². The maximum atomic E-state index is 13.0. The van der Waals surface area contributed by atoms with E-state index in [2.05, 4.69) is 4.72 Å². The molecule has 0 aliphatic rings. The third kappa shape index (κ3) is 4.14. The molecule has 3 rings (SSSR count). The van der Waals surface area contributed by atoms with Crippen molar-refractivity contribution in [3.05, 3.63) is 83.9 Å². The van der Waals surface area contributed by atoms with Crippen molar-refractivity contribution in [3.8, 4) is 11.1 Å². The number of hydrogen-bond donors (Lipinski definition) is 1. The Morgan fingerprint density at radius 1 is 0.852 bits per heavy atom. The predicted octanol–water partition coefficient (Wildman–Crippen LogP) is 5.48. The lowest BCUT2D eigenvalue weighted by atomic mass is 9.98. The molecule has 0 amide bonds. The molecule has 3 aromatic carbocycles. The molecule has 0 radical (unpaired) electrons. The lowest BCUT2D eigenvalue weighted by Gasteiger charge is -2.15. The second kappa shape index (κ2) is 7.08. The van der Waals surface area contributed by atoms with Gasteiger partial charge in [0, 0.05) is 5.56 Å². The summed E-state index contributed by atoms with van der Waals surface area (Å²) < 4.78 is 66.6. The highest BCUT2D eigenvalue weighted by Crippen LogP contribution is 2.36. The summed E-state index contributed by atoms with van der Waals surface area (Å²) >= 11 is 0. The number of nitrogens with one attached hydrogen (secondary N) is 1. The predicted molar refractivity (Wildman–Crippen MR) is 98.9 cm³/mol. The number of aryl methyl sites for hydroxylation is 1. The zero-order chi connectivity index (χ0) is 19.7. The molecule has 0 saturated carbocycles. The first-order valence-electron chi connectivity index (χ1n) is 8.03. The van der Waals surface area contributed by atoms with Gasteiger partial charge in [0.15, 0.2) is 0 Å². The maximum Gasteiger partial charge on any atom is 0.416 e. The average Bonchev–Trinajstić information content (AvgIpc) is 2.61. The van der Waals surface area contributed by atoms with Gasteiger partial charge < -0.3 is 0 Å². The molecule has 3 nitrogen and oxygen atoms in total. The molecule has 0 saturated heterocycles. The van der Waals surface area contributed by atoms with Gasteiger partial charge in [0.05, 0.1) is 16.1 Å². The van der Waals surface area contributed by atoms with Crippen LogP contribution < -0.4 is 4.72 Å². The van der Waals surface area contributed by atoms with Crippen molar-refractivity contribution in [1.82, 2.24) is 0 Å². The van der Waals surface area contributed by atoms with Crippen LogP contribution in [0.2, 0.25) is 0 Å². The van der Waals surface area contributed by atoms with E-state index in [0.717, 1.165) is 6.07 Å². The minimum Gasteiger partial charge on any atom is -0.279 e. The molecule has 0 bridgehead atoms. The maximum absolute atomic E-state index is 13.0. The Morgan fingerprint density at radius 2 is 1.48 bits per heavy atom. The molecule has 3 aromatic rings. The van der Waals surface area contributed by atoms with Gasteiger partial charge in [-0.3, -0.25) is 4.72 Å². The highest BCUT2D eigenvalue weighted by Gasteiger charge is 2.32. The molecule has 27 heavy (non-hydrogen) atoms. The van der Waals surface area contributed by atoms with Crippen molar-refractivity contribution in [3.63, 3.8) is 0 Å². The van der Waals surface area contributed by atoms with Gasteiger partial charge >= 0.3 is 6.18 Å². The van der Waals surface area contributed by atoms with Crippen LogP contribution in [0.15, 0.2) is 77.7 Å². The fourth-order valence-corrected chi connectivity index (χ4v) is 3.88. The van der Waals surface area contributed by atoms with E-state index >= 15 is 0 Å². The first-order chi connectivity index (χ1) is 12.7. The van der Waals surface area contributed by atoms with E-state index in [9.17, 15) is 21.6 Å². The molecule has 140 valence electrons. The molecule has 0 aliphatic carbocycles. The largest absolute Gasteiger partial charge is 0.416 e. The summed E-state index contributed by atoms with van der Waals surface area (Å²) in [5.74, 6) is 0. The summed E-state index contributed by atoms with van der Waals surface area (Å²) in [7, 11) is -3.82. The van der Waals surface area contributed by atoms with Crippen LogP contribution in [0, 0.1) is 6.92 Å². The van der Waals surface area contributed by atoms with E-state index < -0.39 is 21.8 Å². The monoisotopic (exact) mass is 391 g/mol. The SMILES string of the molecule is Cc1cc(-c2ccccc2NS(=O)(=O)c2ccccc2)ccc1C(F)(F)F. The van der Waals surface area contributed by atoms with Gasteiger partial charge in [-0.2, -0.15) is 13.2 Å². The van der Waals surface area contributed by atoms with E-state index in [0.29, 0.717) is 16.8 Å². The molecular formula is C20H16F3NO2S. The van der Waals surface area contributed by atoms with Crippen molar-refractivity contribution < 1.29 is 21.6 Å². The van der Waals surface area contributed by atoms with Crippen molar-refractivity contribution in [2.45, 2.75) is 18.0 Å². The fraction of sp³-hybridized carbons (Fsp3) is 0.100. The summed E-state index contributed by atoms with van der Waals surface area (Å²) in [4.78, 5) is 0.100. The Kier molecular flexibility index (Phi) is 4.97. The quantitative estimate of drug-likeness (QED) is 0.640. The Balaban J connectivity index is 2.02. The highest BCUT2D eigenvalue weighted by atomic mass is 32.2. The van der Waals surface area contributed by atoms with Gasteiger partial charge in [-0.1, -0.05) is 48.5 Å². The van der Waals surface area contributed by atoms with Crippen LogP contribution in [0.25, 0.3) is 11.1 Å². The van der Waals surface area contributed by atoms with Gasteiger partial charge in [0.2, 0.25) is 0 Å². The first-order valence-corrected chi connectivity index (χ1v) is 9.52. The zero-order valence-corrected chi connectivity index (χ0v) is 15.1. The zero-order valence-electron chi connectivity index (χ0n) is 14.3. The lowest BCUT2D eigenvalue weighted by Crippen LogP contribution is -2.13. The number of benzene rings is 3. The van der Waals surface area contributed by atoms with Gasteiger partial charge in [-0.05, 0) is 42.3 Å². The number of halogens is 3. The Morgan fingerprint density at radius 3 is 2.11 bits per heavy atom. The van der Waals surface area contributed by atoms with Crippen molar-refractivity contribution >= 4 is 15.7 Å². The average molecular weight is 391 g/mol. The Bertz CT molecular complexity index is 1060.